The van der Waals surface area contributed by atoms with Crippen molar-refractivity contribution >= 4 is 0 Å². The molecule has 0 saturated heterocycles. The summed E-state index contributed by atoms with van der Waals surface area (Å²) in [6.07, 6.45) is 5.30. The topological polar surface area (TPSA) is 66.0 Å². The molecule has 0 amide bonds. The SMILES string of the molecule is C[C@H](Cc1ccc(OC#N)cc1)[C@@H](C)Cc1ccc(OC#N)cc1. The van der Waals surface area contributed by atoms with E-state index in [-0.39, 0.29) is 0 Å². The number of hydrogen-bond acceptors (Lipinski definition) is 4. The number of ether oxygens (including phenoxy) is 2. The normalized spacial score (nSPS) is 12.5. The van der Waals surface area contributed by atoms with Crippen LogP contribution in [0.5, 0.6) is 11.5 Å². The Bertz CT molecular complexity index is 659. The maximum absolute atomic E-state index is 8.50. The highest BCUT2D eigenvalue weighted by atomic mass is 16.5. The molecule has 0 aliphatic carbocycles. The molecule has 2 aromatic rings. The number of rotatable bonds is 7. The lowest BCUT2D eigenvalue weighted by atomic mass is 9.85. The van der Waals surface area contributed by atoms with Gasteiger partial charge in [0, 0.05) is 0 Å². The van der Waals surface area contributed by atoms with E-state index in [0.29, 0.717) is 23.3 Å². The summed E-state index contributed by atoms with van der Waals surface area (Å²) in [4.78, 5) is 0. The molecular formula is C20H20N2O2. The third-order valence-electron chi connectivity index (χ3n) is 4.26. The Morgan fingerprint density at radius 3 is 1.33 bits per heavy atom. The molecular weight excluding hydrogens is 300 g/mol. The minimum Gasteiger partial charge on any atom is -0.388 e. The first-order chi connectivity index (χ1) is 11.6. The van der Waals surface area contributed by atoms with E-state index in [1.807, 2.05) is 48.5 Å². The molecule has 4 nitrogen and oxygen atoms in total. The summed E-state index contributed by atoms with van der Waals surface area (Å²) in [5.74, 6) is 2.17. The molecule has 4 heteroatoms. The van der Waals surface area contributed by atoms with Crippen LogP contribution in [0.3, 0.4) is 0 Å². The summed E-state index contributed by atoms with van der Waals surface area (Å²) in [7, 11) is 0. The molecule has 122 valence electrons. The van der Waals surface area contributed by atoms with E-state index >= 15 is 0 Å². The first-order valence-corrected chi connectivity index (χ1v) is 7.92. The average Bonchev–Trinajstić information content (AvgIpc) is 2.59. The summed E-state index contributed by atoms with van der Waals surface area (Å²) >= 11 is 0. The molecule has 0 radical (unpaired) electrons. The Morgan fingerprint density at radius 2 is 1.04 bits per heavy atom. The van der Waals surface area contributed by atoms with Crippen LogP contribution in [0.25, 0.3) is 0 Å². The van der Waals surface area contributed by atoms with E-state index in [1.54, 1.807) is 12.5 Å². The van der Waals surface area contributed by atoms with Gasteiger partial charge in [-0.25, -0.2) is 0 Å². The van der Waals surface area contributed by atoms with E-state index in [9.17, 15) is 0 Å². The van der Waals surface area contributed by atoms with Crippen molar-refractivity contribution < 1.29 is 9.47 Å². The zero-order chi connectivity index (χ0) is 17.4. The Labute approximate surface area is 142 Å². The molecule has 0 heterocycles. The zero-order valence-corrected chi connectivity index (χ0v) is 13.9. The Balaban J connectivity index is 1.90. The van der Waals surface area contributed by atoms with Crippen LogP contribution in [0.1, 0.15) is 25.0 Å². The lowest BCUT2D eigenvalue weighted by Crippen LogP contribution is -2.13. The number of nitriles is 2. The average molecular weight is 320 g/mol. The molecule has 0 N–H and O–H groups in total. The molecule has 0 aromatic heterocycles. The summed E-state index contributed by atoms with van der Waals surface area (Å²) in [6, 6.07) is 15.3. The van der Waals surface area contributed by atoms with Gasteiger partial charge in [-0.05, 0) is 60.1 Å². The third kappa shape index (κ3) is 5.04. The molecule has 0 saturated carbocycles. The smallest absolute Gasteiger partial charge is 0.292 e. The molecule has 0 spiro atoms. The van der Waals surface area contributed by atoms with Gasteiger partial charge in [-0.2, -0.15) is 0 Å². The fourth-order valence-corrected chi connectivity index (χ4v) is 2.64. The molecule has 0 aliphatic rings. The van der Waals surface area contributed by atoms with Gasteiger partial charge < -0.3 is 9.47 Å². The Hall–Kier alpha value is -2.98. The van der Waals surface area contributed by atoms with Crippen LogP contribution in [0.4, 0.5) is 0 Å². The number of nitrogens with zero attached hydrogens (tertiary/aromatic N) is 2. The molecule has 2 rings (SSSR count). The summed E-state index contributed by atoms with van der Waals surface area (Å²) in [5, 5.41) is 17.0. The minimum absolute atomic E-state index is 0.516. The highest BCUT2D eigenvalue weighted by Crippen LogP contribution is 2.23. The van der Waals surface area contributed by atoms with E-state index < -0.39 is 0 Å². The van der Waals surface area contributed by atoms with Crippen molar-refractivity contribution in [1.82, 2.24) is 0 Å². The van der Waals surface area contributed by atoms with Crippen LogP contribution in [0, 0.1) is 34.9 Å². The third-order valence-corrected chi connectivity index (χ3v) is 4.26. The van der Waals surface area contributed by atoms with Crippen LogP contribution >= 0.6 is 0 Å². The monoisotopic (exact) mass is 320 g/mol. The molecule has 24 heavy (non-hydrogen) atoms. The maximum atomic E-state index is 8.50. The highest BCUT2D eigenvalue weighted by Gasteiger charge is 2.14. The summed E-state index contributed by atoms with van der Waals surface area (Å²) < 4.78 is 9.59. The predicted octanol–water partition coefficient (Wildman–Crippen LogP) is 4.46. The summed E-state index contributed by atoms with van der Waals surface area (Å²) in [5.41, 5.74) is 2.47. The highest BCUT2D eigenvalue weighted by molar-refractivity contribution is 5.29. The molecule has 0 unspecified atom stereocenters. The number of hydrogen-bond donors (Lipinski definition) is 0. The van der Waals surface area contributed by atoms with Gasteiger partial charge in [-0.15, -0.1) is 10.5 Å². The lowest BCUT2D eigenvalue weighted by Gasteiger charge is -2.20. The van der Waals surface area contributed by atoms with Crippen molar-refractivity contribution in [2.24, 2.45) is 11.8 Å². The van der Waals surface area contributed by atoms with E-state index in [0.717, 1.165) is 12.8 Å². The largest absolute Gasteiger partial charge is 0.388 e. The Morgan fingerprint density at radius 1 is 0.708 bits per heavy atom. The van der Waals surface area contributed by atoms with Gasteiger partial charge in [-0.1, -0.05) is 38.1 Å². The van der Waals surface area contributed by atoms with Gasteiger partial charge in [-0.3, -0.25) is 0 Å². The fraction of sp³-hybridized carbons (Fsp3) is 0.300. The van der Waals surface area contributed by atoms with Crippen LogP contribution < -0.4 is 9.47 Å². The van der Waals surface area contributed by atoms with Crippen molar-refractivity contribution in [3.63, 3.8) is 0 Å². The van der Waals surface area contributed by atoms with Crippen LogP contribution in [0.15, 0.2) is 48.5 Å². The lowest BCUT2D eigenvalue weighted by molar-refractivity contribution is 0.383. The first-order valence-electron chi connectivity index (χ1n) is 7.92. The van der Waals surface area contributed by atoms with Gasteiger partial charge in [0.15, 0.2) is 0 Å². The van der Waals surface area contributed by atoms with E-state index in [2.05, 4.69) is 13.8 Å². The van der Waals surface area contributed by atoms with Crippen molar-refractivity contribution in [1.29, 1.82) is 10.5 Å². The van der Waals surface area contributed by atoms with Crippen molar-refractivity contribution in [2.75, 3.05) is 0 Å². The fourth-order valence-electron chi connectivity index (χ4n) is 2.64. The standard InChI is InChI=1S/C20H20N2O2/c1-15(11-17-3-7-19(8-4-17)23-13-21)16(2)12-18-5-9-20(10-6-18)24-14-22/h3-10,15-16H,11-12H2,1-2H3/t15-,16+. The minimum atomic E-state index is 0.516. The van der Waals surface area contributed by atoms with Gasteiger partial charge in [0.2, 0.25) is 0 Å². The number of benzene rings is 2. The van der Waals surface area contributed by atoms with E-state index in [4.69, 9.17) is 20.0 Å². The second-order valence-corrected chi connectivity index (χ2v) is 6.04. The zero-order valence-electron chi connectivity index (χ0n) is 13.9. The quantitative estimate of drug-likeness (QED) is 0.706. The van der Waals surface area contributed by atoms with Crippen LogP contribution in [-0.2, 0) is 12.8 Å². The maximum Gasteiger partial charge on any atom is 0.292 e. The summed E-state index contributed by atoms with van der Waals surface area (Å²) in [6.45, 7) is 4.50. The Kier molecular flexibility index (Phi) is 6.23. The van der Waals surface area contributed by atoms with Crippen LogP contribution in [0.2, 0.25) is 0 Å². The molecule has 0 aliphatic heterocycles. The van der Waals surface area contributed by atoms with Gasteiger partial charge in [0.05, 0.1) is 0 Å². The molecule has 0 fully saturated rings. The van der Waals surface area contributed by atoms with Gasteiger partial charge in [0.1, 0.15) is 11.5 Å². The first kappa shape index (κ1) is 17.4. The second-order valence-electron chi connectivity index (χ2n) is 6.04. The van der Waals surface area contributed by atoms with Crippen molar-refractivity contribution in [3.05, 3.63) is 59.7 Å². The molecule has 0 bridgehead atoms. The van der Waals surface area contributed by atoms with E-state index in [1.165, 1.54) is 11.1 Å². The van der Waals surface area contributed by atoms with Crippen molar-refractivity contribution in [3.8, 4) is 24.0 Å². The van der Waals surface area contributed by atoms with Gasteiger partial charge >= 0.3 is 0 Å². The molecule has 2 atom stereocenters. The second kappa shape index (κ2) is 8.60. The van der Waals surface area contributed by atoms with Crippen molar-refractivity contribution in [2.45, 2.75) is 26.7 Å². The predicted molar refractivity (Wildman–Crippen MR) is 91.1 cm³/mol. The van der Waals surface area contributed by atoms with Crippen LogP contribution in [-0.4, -0.2) is 0 Å². The van der Waals surface area contributed by atoms with Gasteiger partial charge in [0.25, 0.3) is 12.5 Å². The molecule has 2 aromatic carbocycles.